The van der Waals surface area contributed by atoms with Crippen LogP contribution in [0.5, 0.6) is 5.75 Å². The van der Waals surface area contributed by atoms with E-state index in [1.165, 1.54) is 44.9 Å². The molecule has 0 aliphatic heterocycles. The van der Waals surface area contributed by atoms with Gasteiger partial charge in [0.15, 0.2) is 0 Å². The number of rotatable bonds is 10. The Morgan fingerprint density at radius 3 is 1.95 bits per heavy atom. The van der Waals surface area contributed by atoms with Gasteiger partial charge in [0, 0.05) is 5.56 Å². The van der Waals surface area contributed by atoms with E-state index in [-0.39, 0.29) is 0 Å². The number of ether oxygens (including phenoxy) is 1. The number of benzene rings is 1. The van der Waals surface area contributed by atoms with E-state index in [2.05, 4.69) is 12.8 Å². The summed E-state index contributed by atoms with van der Waals surface area (Å²) in [5.41, 5.74) is 3.25. The molecule has 0 radical (unpaired) electrons. The van der Waals surface area contributed by atoms with Crippen LogP contribution in [0.1, 0.15) is 75.0 Å². The summed E-state index contributed by atoms with van der Waals surface area (Å²) in [5.74, 6) is 3.69. The first-order chi connectivity index (χ1) is 10.2. The van der Waals surface area contributed by atoms with Crippen LogP contribution in [-0.4, -0.2) is 6.61 Å². The fourth-order valence-electron chi connectivity index (χ4n) is 2.66. The lowest BCUT2D eigenvalue weighted by molar-refractivity contribution is 0.304. The first kappa shape index (κ1) is 17.6. The van der Waals surface area contributed by atoms with Crippen LogP contribution >= 0.6 is 0 Å². The Bertz CT molecular complexity index is 430. The van der Waals surface area contributed by atoms with Crippen molar-refractivity contribution in [2.24, 2.45) is 0 Å². The summed E-state index contributed by atoms with van der Waals surface area (Å²) < 4.78 is 5.84. The van der Waals surface area contributed by atoms with Crippen molar-refractivity contribution in [1.82, 2.24) is 0 Å². The third kappa shape index (κ3) is 6.71. The van der Waals surface area contributed by atoms with Crippen molar-refractivity contribution in [1.29, 1.82) is 0 Å². The lowest BCUT2D eigenvalue weighted by Gasteiger charge is -2.10. The number of unbranched alkanes of at least 4 members (excludes halogenated alkanes) is 7. The molecule has 1 nitrogen and oxygen atoms in total. The monoisotopic (exact) mass is 286 g/mol. The number of hydrogen-bond acceptors (Lipinski definition) is 1. The molecule has 0 atom stereocenters. The van der Waals surface area contributed by atoms with Crippen LogP contribution in [0.4, 0.5) is 0 Å². The van der Waals surface area contributed by atoms with Gasteiger partial charge in [-0.25, -0.2) is 0 Å². The van der Waals surface area contributed by atoms with Crippen LogP contribution in [0.15, 0.2) is 12.1 Å². The molecule has 0 aliphatic carbocycles. The highest BCUT2D eigenvalue weighted by atomic mass is 16.5. The molecule has 1 rings (SSSR count). The Hall–Kier alpha value is -1.42. The number of aryl methyl sites for hydroxylation is 2. The van der Waals surface area contributed by atoms with Gasteiger partial charge >= 0.3 is 0 Å². The standard InChI is InChI=1S/C20H30O/c1-5-7-8-9-10-11-12-13-14-21-19-15-17(3)20(6-2)18(4)16-19/h2,15-16H,5,7-14H2,1,3-4H3. The summed E-state index contributed by atoms with van der Waals surface area (Å²) in [6.45, 7) is 7.16. The van der Waals surface area contributed by atoms with Crippen molar-refractivity contribution in [2.75, 3.05) is 6.61 Å². The largest absolute Gasteiger partial charge is 0.494 e. The molecule has 0 saturated heterocycles. The first-order valence-corrected chi connectivity index (χ1v) is 8.39. The Balaban J connectivity index is 2.18. The third-order valence-corrected chi connectivity index (χ3v) is 3.92. The molecule has 0 amide bonds. The van der Waals surface area contributed by atoms with Gasteiger partial charge in [0.05, 0.1) is 6.61 Å². The van der Waals surface area contributed by atoms with E-state index in [4.69, 9.17) is 11.2 Å². The second kappa shape index (κ2) is 10.3. The van der Waals surface area contributed by atoms with Gasteiger partial charge in [-0.15, -0.1) is 6.42 Å². The molecule has 0 spiro atoms. The van der Waals surface area contributed by atoms with Crippen LogP contribution < -0.4 is 4.74 Å². The second-order valence-electron chi connectivity index (χ2n) is 5.90. The molecule has 21 heavy (non-hydrogen) atoms. The Labute approximate surface area is 131 Å². The summed E-state index contributed by atoms with van der Waals surface area (Å²) in [6, 6.07) is 4.10. The zero-order valence-corrected chi connectivity index (χ0v) is 14.0. The normalized spacial score (nSPS) is 10.4. The molecule has 0 N–H and O–H groups in total. The lowest BCUT2D eigenvalue weighted by Crippen LogP contribution is -1.99. The van der Waals surface area contributed by atoms with Crippen molar-refractivity contribution >= 4 is 0 Å². The number of terminal acetylenes is 1. The molecule has 1 aromatic carbocycles. The fourth-order valence-corrected chi connectivity index (χ4v) is 2.66. The van der Waals surface area contributed by atoms with Crippen LogP contribution in [-0.2, 0) is 0 Å². The van der Waals surface area contributed by atoms with E-state index in [1.807, 2.05) is 26.0 Å². The predicted octanol–water partition coefficient (Wildman–Crippen LogP) is 5.80. The van der Waals surface area contributed by atoms with Gasteiger partial charge < -0.3 is 4.74 Å². The zero-order chi connectivity index (χ0) is 15.5. The Morgan fingerprint density at radius 2 is 1.43 bits per heavy atom. The second-order valence-corrected chi connectivity index (χ2v) is 5.90. The maximum Gasteiger partial charge on any atom is 0.119 e. The summed E-state index contributed by atoms with van der Waals surface area (Å²) in [4.78, 5) is 0. The van der Waals surface area contributed by atoms with Gasteiger partial charge in [-0.2, -0.15) is 0 Å². The smallest absolute Gasteiger partial charge is 0.119 e. The highest BCUT2D eigenvalue weighted by Gasteiger charge is 2.03. The maximum atomic E-state index is 5.84. The van der Waals surface area contributed by atoms with Crippen molar-refractivity contribution < 1.29 is 4.74 Å². The molecule has 0 fully saturated rings. The van der Waals surface area contributed by atoms with Crippen molar-refractivity contribution in [2.45, 2.75) is 72.1 Å². The van der Waals surface area contributed by atoms with E-state index in [0.717, 1.165) is 35.5 Å². The quantitative estimate of drug-likeness (QED) is 0.390. The molecule has 116 valence electrons. The van der Waals surface area contributed by atoms with Crippen molar-refractivity contribution in [3.05, 3.63) is 28.8 Å². The topological polar surface area (TPSA) is 9.23 Å². The fraction of sp³-hybridized carbons (Fsp3) is 0.600. The highest BCUT2D eigenvalue weighted by molar-refractivity contribution is 5.49. The van der Waals surface area contributed by atoms with Gasteiger partial charge in [0.25, 0.3) is 0 Å². The first-order valence-electron chi connectivity index (χ1n) is 8.39. The Kier molecular flexibility index (Phi) is 8.67. The average Bonchev–Trinajstić information content (AvgIpc) is 2.45. The van der Waals surface area contributed by atoms with Crippen LogP contribution in [0.3, 0.4) is 0 Å². The summed E-state index contributed by atoms with van der Waals surface area (Å²) in [6.07, 6.45) is 16.1. The molecule has 0 heterocycles. The van der Waals surface area contributed by atoms with Gasteiger partial charge in [0.1, 0.15) is 5.75 Å². The minimum Gasteiger partial charge on any atom is -0.494 e. The zero-order valence-electron chi connectivity index (χ0n) is 14.0. The molecule has 0 aliphatic rings. The molecule has 0 unspecified atom stereocenters. The van der Waals surface area contributed by atoms with E-state index >= 15 is 0 Å². The third-order valence-electron chi connectivity index (χ3n) is 3.92. The molecule has 1 aromatic rings. The van der Waals surface area contributed by atoms with Crippen LogP contribution in [0, 0.1) is 26.2 Å². The minimum atomic E-state index is 0.809. The Morgan fingerprint density at radius 1 is 0.905 bits per heavy atom. The lowest BCUT2D eigenvalue weighted by atomic mass is 10.0. The highest BCUT2D eigenvalue weighted by Crippen LogP contribution is 2.21. The van der Waals surface area contributed by atoms with E-state index in [1.54, 1.807) is 0 Å². The summed E-state index contributed by atoms with van der Waals surface area (Å²) >= 11 is 0. The SMILES string of the molecule is C#Cc1c(C)cc(OCCCCCCCCCC)cc1C. The maximum absolute atomic E-state index is 5.84. The molecule has 1 heteroatoms. The molecule has 0 saturated carbocycles. The molecule has 0 aromatic heterocycles. The van der Waals surface area contributed by atoms with Gasteiger partial charge in [-0.3, -0.25) is 0 Å². The van der Waals surface area contributed by atoms with Crippen LogP contribution in [0.2, 0.25) is 0 Å². The molecule has 0 bridgehead atoms. The summed E-state index contributed by atoms with van der Waals surface area (Å²) in [7, 11) is 0. The summed E-state index contributed by atoms with van der Waals surface area (Å²) in [5, 5.41) is 0. The minimum absolute atomic E-state index is 0.809. The molecular formula is C20H30O. The van der Waals surface area contributed by atoms with E-state index < -0.39 is 0 Å². The van der Waals surface area contributed by atoms with Gasteiger partial charge in [-0.1, -0.05) is 57.8 Å². The van der Waals surface area contributed by atoms with Gasteiger partial charge in [-0.05, 0) is 43.5 Å². The number of hydrogen-bond donors (Lipinski definition) is 0. The average molecular weight is 286 g/mol. The van der Waals surface area contributed by atoms with E-state index in [9.17, 15) is 0 Å². The van der Waals surface area contributed by atoms with Crippen molar-refractivity contribution in [3.8, 4) is 18.1 Å². The van der Waals surface area contributed by atoms with Crippen molar-refractivity contribution in [3.63, 3.8) is 0 Å². The van der Waals surface area contributed by atoms with Crippen LogP contribution in [0.25, 0.3) is 0 Å². The molecular weight excluding hydrogens is 256 g/mol. The van der Waals surface area contributed by atoms with E-state index in [0.29, 0.717) is 0 Å². The van der Waals surface area contributed by atoms with Gasteiger partial charge in [0.2, 0.25) is 0 Å². The predicted molar refractivity (Wildman–Crippen MR) is 92.0 cm³/mol.